The van der Waals surface area contributed by atoms with Crippen LogP contribution in [0.25, 0.3) is 0 Å². The van der Waals surface area contributed by atoms with Gasteiger partial charge in [-0.3, -0.25) is 0 Å². The smallest absolute Gasteiger partial charge is 0.358 e. The number of carboxylic acids is 1. The fraction of sp³-hybridized carbons (Fsp3) is 0.308. The monoisotopic (exact) mass is 309 g/mol. The van der Waals surface area contributed by atoms with Crippen molar-refractivity contribution in [2.75, 3.05) is 13.2 Å². The molecular weight excluding hydrogens is 298 g/mol. The molecule has 21 heavy (non-hydrogen) atoms. The standard InChI is InChI=1S/C13H12ClN3O4/c14-9-4-8(5-11-12(9)21-3-1-2-20-11)6-17-7-10(13(18)19)15-16-17/h4-5,7H,1-3,6H2,(H,18,19). The van der Waals surface area contributed by atoms with E-state index in [1.54, 1.807) is 6.07 Å². The summed E-state index contributed by atoms with van der Waals surface area (Å²) in [6, 6.07) is 3.56. The Bertz CT molecular complexity index is 686. The van der Waals surface area contributed by atoms with Crippen LogP contribution >= 0.6 is 11.6 Å². The van der Waals surface area contributed by atoms with Crippen molar-refractivity contribution in [2.24, 2.45) is 0 Å². The molecular formula is C13H12ClN3O4. The van der Waals surface area contributed by atoms with Crippen LogP contribution in [0.15, 0.2) is 18.3 Å². The highest BCUT2D eigenvalue weighted by Gasteiger charge is 2.16. The first-order valence-electron chi connectivity index (χ1n) is 6.35. The lowest BCUT2D eigenvalue weighted by atomic mass is 10.2. The van der Waals surface area contributed by atoms with Crippen molar-refractivity contribution in [2.45, 2.75) is 13.0 Å². The van der Waals surface area contributed by atoms with E-state index in [1.807, 2.05) is 6.07 Å². The molecule has 0 radical (unpaired) electrons. The van der Waals surface area contributed by atoms with Crippen LogP contribution in [0.1, 0.15) is 22.5 Å². The van der Waals surface area contributed by atoms with Gasteiger partial charge in [-0.25, -0.2) is 9.48 Å². The lowest BCUT2D eigenvalue weighted by Gasteiger charge is -2.11. The van der Waals surface area contributed by atoms with Crippen LogP contribution in [-0.2, 0) is 6.54 Å². The van der Waals surface area contributed by atoms with Gasteiger partial charge < -0.3 is 14.6 Å². The van der Waals surface area contributed by atoms with Crippen molar-refractivity contribution in [3.8, 4) is 11.5 Å². The second kappa shape index (κ2) is 5.61. The number of rotatable bonds is 3. The minimum absolute atomic E-state index is 0.101. The van der Waals surface area contributed by atoms with Gasteiger partial charge in [-0.1, -0.05) is 16.8 Å². The van der Waals surface area contributed by atoms with E-state index in [1.165, 1.54) is 10.9 Å². The van der Waals surface area contributed by atoms with E-state index < -0.39 is 5.97 Å². The van der Waals surface area contributed by atoms with Crippen molar-refractivity contribution in [1.29, 1.82) is 0 Å². The number of fused-ring (bicyclic) bond motifs is 1. The Balaban J connectivity index is 1.86. The fourth-order valence-corrected chi connectivity index (χ4v) is 2.32. The molecule has 0 fully saturated rings. The fourth-order valence-electron chi connectivity index (χ4n) is 2.04. The number of hydrogen-bond acceptors (Lipinski definition) is 5. The number of aromatic carboxylic acids is 1. The molecule has 3 rings (SSSR count). The number of aromatic nitrogens is 3. The van der Waals surface area contributed by atoms with Gasteiger partial charge in [-0.2, -0.15) is 0 Å². The summed E-state index contributed by atoms with van der Waals surface area (Å²) in [5.41, 5.74) is 0.724. The number of carbonyl (C=O) groups is 1. The Hall–Kier alpha value is -2.28. The molecule has 1 aliphatic rings. The van der Waals surface area contributed by atoms with E-state index in [4.69, 9.17) is 26.2 Å². The Morgan fingerprint density at radius 3 is 2.95 bits per heavy atom. The van der Waals surface area contributed by atoms with E-state index in [0.717, 1.165) is 12.0 Å². The van der Waals surface area contributed by atoms with E-state index >= 15 is 0 Å². The SMILES string of the molecule is O=C(O)c1cn(Cc2cc(Cl)c3c(c2)OCCCO3)nn1. The molecule has 0 bridgehead atoms. The Morgan fingerprint density at radius 1 is 1.38 bits per heavy atom. The number of nitrogens with zero attached hydrogens (tertiary/aromatic N) is 3. The van der Waals surface area contributed by atoms with Crippen molar-refractivity contribution in [1.82, 2.24) is 15.0 Å². The van der Waals surface area contributed by atoms with Crippen molar-refractivity contribution < 1.29 is 19.4 Å². The highest BCUT2D eigenvalue weighted by Crippen LogP contribution is 2.38. The van der Waals surface area contributed by atoms with Gasteiger partial charge >= 0.3 is 5.97 Å². The van der Waals surface area contributed by atoms with Gasteiger partial charge in [0.05, 0.1) is 31.0 Å². The minimum atomic E-state index is -1.11. The molecule has 1 aromatic carbocycles. The van der Waals surface area contributed by atoms with Crippen LogP contribution in [-0.4, -0.2) is 39.3 Å². The number of halogens is 1. The van der Waals surface area contributed by atoms with Gasteiger partial charge in [-0.15, -0.1) is 5.10 Å². The average Bonchev–Trinajstić information content (AvgIpc) is 2.76. The van der Waals surface area contributed by atoms with Crippen LogP contribution in [0, 0.1) is 0 Å². The number of carboxylic acid groups (broad SMARTS) is 1. The lowest BCUT2D eigenvalue weighted by Crippen LogP contribution is -2.02. The molecule has 1 aliphatic heterocycles. The van der Waals surface area contributed by atoms with E-state index in [-0.39, 0.29) is 5.69 Å². The molecule has 0 spiro atoms. The molecule has 2 heterocycles. The van der Waals surface area contributed by atoms with Crippen LogP contribution in [0.4, 0.5) is 0 Å². The van der Waals surface area contributed by atoms with Crippen LogP contribution in [0.2, 0.25) is 5.02 Å². The quantitative estimate of drug-likeness (QED) is 0.931. The van der Waals surface area contributed by atoms with Crippen molar-refractivity contribution in [3.63, 3.8) is 0 Å². The summed E-state index contributed by atoms with van der Waals surface area (Å²) < 4.78 is 12.6. The second-order valence-electron chi connectivity index (χ2n) is 4.56. The zero-order valence-electron chi connectivity index (χ0n) is 11.0. The minimum Gasteiger partial charge on any atom is -0.489 e. The Kier molecular flexibility index (Phi) is 3.66. The molecule has 0 amide bonds. The van der Waals surface area contributed by atoms with Gasteiger partial charge in [0.25, 0.3) is 0 Å². The first-order chi connectivity index (χ1) is 10.1. The third-order valence-electron chi connectivity index (χ3n) is 2.96. The predicted molar refractivity (Wildman–Crippen MR) is 73.1 cm³/mol. The molecule has 0 saturated carbocycles. The third kappa shape index (κ3) is 2.92. The summed E-state index contributed by atoms with van der Waals surface area (Å²) in [7, 11) is 0. The van der Waals surface area contributed by atoms with Gasteiger partial charge in [0.2, 0.25) is 0 Å². The maximum Gasteiger partial charge on any atom is 0.358 e. The van der Waals surface area contributed by atoms with Crippen LogP contribution in [0.3, 0.4) is 0 Å². The molecule has 0 atom stereocenters. The molecule has 110 valence electrons. The summed E-state index contributed by atoms with van der Waals surface area (Å²) in [6.07, 6.45) is 2.16. The van der Waals surface area contributed by atoms with Crippen molar-refractivity contribution >= 4 is 17.6 Å². The zero-order chi connectivity index (χ0) is 14.8. The Labute approximate surface area is 125 Å². The molecule has 8 heteroatoms. The van der Waals surface area contributed by atoms with Gasteiger partial charge in [0.15, 0.2) is 17.2 Å². The van der Waals surface area contributed by atoms with E-state index in [0.29, 0.717) is 36.3 Å². The molecule has 1 aromatic heterocycles. The molecule has 1 N–H and O–H groups in total. The van der Waals surface area contributed by atoms with E-state index in [2.05, 4.69) is 10.3 Å². The first kappa shape index (κ1) is 13.7. The molecule has 7 nitrogen and oxygen atoms in total. The highest BCUT2D eigenvalue weighted by atomic mass is 35.5. The van der Waals surface area contributed by atoms with Crippen molar-refractivity contribution in [3.05, 3.63) is 34.6 Å². The summed E-state index contributed by atoms with van der Waals surface area (Å²) in [5, 5.41) is 16.6. The zero-order valence-corrected chi connectivity index (χ0v) is 11.7. The van der Waals surface area contributed by atoms with Gasteiger partial charge in [-0.05, 0) is 17.7 Å². The molecule has 0 unspecified atom stereocenters. The summed E-state index contributed by atoms with van der Waals surface area (Å²) in [5.74, 6) is 0.0225. The maximum atomic E-state index is 10.8. The third-order valence-corrected chi connectivity index (χ3v) is 3.25. The molecule has 0 aliphatic carbocycles. The Morgan fingerprint density at radius 2 is 2.19 bits per heavy atom. The van der Waals surface area contributed by atoms with E-state index in [9.17, 15) is 4.79 Å². The number of benzene rings is 1. The largest absolute Gasteiger partial charge is 0.489 e. The maximum absolute atomic E-state index is 10.8. The first-order valence-corrected chi connectivity index (χ1v) is 6.73. The van der Waals surface area contributed by atoms with Crippen LogP contribution in [0.5, 0.6) is 11.5 Å². The summed E-state index contributed by atoms with van der Waals surface area (Å²) in [6.45, 7) is 1.48. The topological polar surface area (TPSA) is 86.5 Å². The number of hydrogen-bond donors (Lipinski definition) is 1. The van der Waals surface area contributed by atoms with Crippen LogP contribution < -0.4 is 9.47 Å². The molecule has 0 saturated heterocycles. The number of ether oxygens (including phenoxy) is 2. The summed E-state index contributed by atoms with van der Waals surface area (Å²) >= 11 is 6.20. The predicted octanol–water partition coefficient (Wildman–Crippen LogP) is 1.84. The molecule has 2 aromatic rings. The van der Waals surface area contributed by atoms with Gasteiger partial charge in [0, 0.05) is 6.42 Å². The summed E-state index contributed by atoms with van der Waals surface area (Å²) in [4.78, 5) is 10.8. The lowest BCUT2D eigenvalue weighted by molar-refractivity contribution is 0.0690. The highest BCUT2D eigenvalue weighted by molar-refractivity contribution is 6.32. The normalized spacial score (nSPS) is 13.8. The van der Waals surface area contributed by atoms with Gasteiger partial charge in [0.1, 0.15) is 0 Å². The average molecular weight is 310 g/mol. The second-order valence-corrected chi connectivity index (χ2v) is 4.97.